The summed E-state index contributed by atoms with van der Waals surface area (Å²) in [6.45, 7) is 0.635. The summed E-state index contributed by atoms with van der Waals surface area (Å²) < 4.78 is 27.0. The van der Waals surface area contributed by atoms with Gasteiger partial charge >= 0.3 is 0 Å². The molecule has 5 aromatic rings. The largest absolute Gasteiger partial charge is 0.383 e. The highest BCUT2D eigenvalue weighted by atomic mass is 35.5. The first-order valence-electron chi connectivity index (χ1n) is 9.35. The van der Waals surface area contributed by atoms with Crippen molar-refractivity contribution in [2.75, 3.05) is 13.7 Å². The third-order valence-electron chi connectivity index (χ3n) is 4.96. The van der Waals surface area contributed by atoms with Crippen LogP contribution in [0.2, 0.25) is 5.02 Å². The van der Waals surface area contributed by atoms with Crippen molar-refractivity contribution < 1.29 is 13.7 Å². The van der Waals surface area contributed by atoms with E-state index < -0.39 is 0 Å². The third-order valence-corrected chi connectivity index (χ3v) is 5.27. The Balaban J connectivity index is 1.73. The molecule has 0 aliphatic carbocycles. The lowest BCUT2D eigenvalue weighted by Crippen LogP contribution is -2.25. The predicted octanol–water partition coefficient (Wildman–Crippen LogP) is 3.81. The van der Waals surface area contributed by atoms with Crippen LogP contribution in [-0.4, -0.2) is 37.8 Å². The van der Waals surface area contributed by atoms with Crippen LogP contribution >= 0.6 is 11.6 Å². The van der Waals surface area contributed by atoms with Gasteiger partial charge in [-0.1, -0.05) is 22.8 Å². The van der Waals surface area contributed by atoms with Crippen LogP contribution in [-0.2, 0) is 11.3 Å². The van der Waals surface area contributed by atoms with Crippen molar-refractivity contribution in [2.45, 2.75) is 6.54 Å². The molecule has 3 aromatic heterocycles. The molecule has 0 atom stereocenters. The van der Waals surface area contributed by atoms with E-state index in [-0.39, 0.29) is 34.3 Å². The molecule has 10 heteroatoms. The second-order valence-electron chi connectivity index (χ2n) is 6.80. The van der Waals surface area contributed by atoms with Crippen LogP contribution in [0.25, 0.3) is 39.5 Å². The molecule has 0 fully saturated rings. The van der Waals surface area contributed by atoms with Crippen LogP contribution < -0.4 is 5.56 Å². The molecular weight excluding hydrogens is 425 g/mol. The molecule has 8 nitrogen and oxygen atoms in total. The molecule has 0 amide bonds. The number of methoxy groups -OCH3 is 1. The number of aromatic nitrogens is 5. The zero-order chi connectivity index (χ0) is 21.5. The Bertz CT molecular complexity index is 1470. The lowest BCUT2D eigenvalue weighted by Gasteiger charge is -2.13. The number of hydrogen-bond acceptors (Lipinski definition) is 6. The molecule has 0 saturated heterocycles. The van der Waals surface area contributed by atoms with Gasteiger partial charge in [0.1, 0.15) is 17.7 Å². The first kappa shape index (κ1) is 19.4. The Hall–Kier alpha value is -3.56. The summed E-state index contributed by atoms with van der Waals surface area (Å²) in [4.78, 5) is 22.2. The molecule has 31 heavy (non-hydrogen) atoms. The number of fused-ring (bicyclic) bond motifs is 3. The van der Waals surface area contributed by atoms with Gasteiger partial charge in [0.2, 0.25) is 5.82 Å². The second kappa shape index (κ2) is 7.60. The lowest BCUT2D eigenvalue weighted by molar-refractivity contribution is 0.187. The number of imidazole rings is 1. The minimum Gasteiger partial charge on any atom is -0.383 e. The number of benzene rings is 2. The van der Waals surface area contributed by atoms with E-state index in [9.17, 15) is 9.18 Å². The van der Waals surface area contributed by atoms with Gasteiger partial charge in [-0.05, 0) is 36.4 Å². The van der Waals surface area contributed by atoms with Crippen molar-refractivity contribution in [1.29, 1.82) is 0 Å². The molecule has 3 heterocycles. The Morgan fingerprint density at radius 3 is 2.74 bits per heavy atom. The number of para-hydroxylation sites is 1. The standard InChI is InChI=1S/C21H15ClFN5O3/c1-30-10-9-27-17-14(22)3-2-4-15(17)28-11-24-16(18(28)21(27)29)20-25-19(26-31-20)12-5-7-13(23)8-6-12/h2-8,11H,9-10H2,1H3. The molecule has 0 aliphatic rings. The normalized spacial score (nSPS) is 11.6. The van der Waals surface area contributed by atoms with E-state index in [4.69, 9.17) is 20.9 Å². The molecule has 5 rings (SSSR count). The van der Waals surface area contributed by atoms with Gasteiger partial charge in [0.25, 0.3) is 11.4 Å². The molecule has 0 saturated carbocycles. The molecule has 156 valence electrons. The maximum Gasteiger partial charge on any atom is 0.279 e. The number of rotatable bonds is 5. The van der Waals surface area contributed by atoms with Crippen molar-refractivity contribution in [3.05, 3.63) is 70.0 Å². The average Bonchev–Trinajstić information content (AvgIpc) is 3.42. The summed E-state index contributed by atoms with van der Waals surface area (Å²) in [7, 11) is 1.56. The smallest absolute Gasteiger partial charge is 0.279 e. The van der Waals surface area contributed by atoms with Gasteiger partial charge in [-0.25, -0.2) is 9.37 Å². The van der Waals surface area contributed by atoms with Crippen molar-refractivity contribution in [3.63, 3.8) is 0 Å². The average molecular weight is 440 g/mol. The van der Waals surface area contributed by atoms with Gasteiger partial charge in [0.05, 0.1) is 22.7 Å². The van der Waals surface area contributed by atoms with Crippen molar-refractivity contribution in [1.82, 2.24) is 24.1 Å². The first-order chi connectivity index (χ1) is 15.1. The summed E-state index contributed by atoms with van der Waals surface area (Å²) in [5.74, 6) is -0.0204. The fraction of sp³-hybridized carbons (Fsp3) is 0.143. The summed E-state index contributed by atoms with van der Waals surface area (Å²) in [5.41, 5.74) is 2.08. The number of ether oxygens (including phenoxy) is 1. The molecule has 0 bridgehead atoms. The van der Waals surface area contributed by atoms with Crippen LogP contribution in [0.5, 0.6) is 0 Å². The minimum absolute atomic E-state index is 0.0820. The van der Waals surface area contributed by atoms with Gasteiger partial charge in [-0.2, -0.15) is 4.98 Å². The fourth-order valence-electron chi connectivity index (χ4n) is 3.52. The quantitative estimate of drug-likeness (QED) is 0.414. The van der Waals surface area contributed by atoms with Crippen molar-refractivity contribution in [3.8, 4) is 23.0 Å². The van der Waals surface area contributed by atoms with E-state index in [1.54, 1.807) is 40.3 Å². The van der Waals surface area contributed by atoms with Gasteiger partial charge in [0.15, 0.2) is 5.69 Å². The van der Waals surface area contributed by atoms with E-state index in [0.29, 0.717) is 34.8 Å². The van der Waals surface area contributed by atoms with Gasteiger partial charge in [-0.15, -0.1) is 0 Å². The fourth-order valence-corrected chi connectivity index (χ4v) is 3.79. The van der Waals surface area contributed by atoms with E-state index in [1.165, 1.54) is 18.5 Å². The van der Waals surface area contributed by atoms with E-state index in [0.717, 1.165) is 0 Å². The third kappa shape index (κ3) is 3.18. The van der Waals surface area contributed by atoms with E-state index in [1.807, 2.05) is 6.07 Å². The van der Waals surface area contributed by atoms with E-state index in [2.05, 4.69) is 15.1 Å². The zero-order valence-corrected chi connectivity index (χ0v) is 17.0. The molecule has 0 unspecified atom stereocenters. The highest BCUT2D eigenvalue weighted by Crippen LogP contribution is 2.28. The predicted molar refractivity (Wildman–Crippen MR) is 113 cm³/mol. The Morgan fingerprint density at radius 1 is 1.16 bits per heavy atom. The molecular formula is C21H15ClFN5O3. The lowest BCUT2D eigenvalue weighted by atomic mass is 10.2. The summed E-state index contributed by atoms with van der Waals surface area (Å²) in [6, 6.07) is 11.1. The van der Waals surface area contributed by atoms with Gasteiger partial charge < -0.3 is 13.8 Å². The van der Waals surface area contributed by atoms with Gasteiger partial charge in [-0.3, -0.25) is 9.20 Å². The molecule has 0 spiro atoms. The molecule has 0 aliphatic heterocycles. The first-order valence-corrected chi connectivity index (χ1v) is 9.73. The Labute approximate surface area is 179 Å². The maximum absolute atomic E-state index is 13.4. The van der Waals surface area contributed by atoms with Crippen LogP contribution in [0.1, 0.15) is 0 Å². The van der Waals surface area contributed by atoms with E-state index >= 15 is 0 Å². The van der Waals surface area contributed by atoms with Crippen LogP contribution in [0.15, 0.2) is 58.1 Å². The van der Waals surface area contributed by atoms with Crippen LogP contribution in [0.4, 0.5) is 4.39 Å². The number of nitrogens with zero attached hydrogens (tertiary/aromatic N) is 5. The van der Waals surface area contributed by atoms with Crippen LogP contribution in [0, 0.1) is 5.82 Å². The zero-order valence-electron chi connectivity index (χ0n) is 16.2. The summed E-state index contributed by atoms with van der Waals surface area (Å²) >= 11 is 6.42. The maximum atomic E-state index is 13.4. The monoisotopic (exact) mass is 439 g/mol. The highest BCUT2D eigenvalue weighted by molar-refractivity contribution is 6.35. The Morgan fingerprint density at radius 2 is 1.97 bits per heavy atom. The minimum atomic E-state index is -0.366. The SMILES string of the molecule is COCCn1c(=O)c2c(-c3nc(-c4ccc(F)cc4)no3)ncn2c2cccc(Cl)c21. The Kier molecular flexibility index (Phi) is 4.76. The summed E-state index contributed by atoms with van der Waals surface area (Å²) in [6.07, 6.45) is 1.52. The summed E-state index contributed by atoms with van der Waals surface area (Å²) in [5, 5.41) is 4.39. The topological polar surface area (TPSA) is 87.5 Å². The number of hydrogen-bond donors (Lipinski definition) is 0. The molecule has 0 N–H and O–H groups in total. The number of halogens is 2. The van der Waals surface area contributed by atoms with Crippen molar-refractivity contribution in [2.24, 2.45) is 0 Å². The van der Waals surface area contributed by atoms with Crippen molar-refractivity contribution >= 4 is 28.2 Å². The second-order valence-corrected chi connectivity index (χ2v) is 7.21. The molecule has 2 aromatic carbocycles. The van der Waals surface area contributed by atoms with Gasteiger partial charge in [0, 0.05) is 19.2 Å². The molecule has 0 radical (unpaired) electrons. The van der Waals surface area contributed by atoms with Crippen LogP contribution in [0.3, 0.4) is 0 Å². The highest BCUT2D eigenvalue weighted by Gasteiger charge is 2.22.